The second-order valence-corrected chi connectivity index (χ2v) is 6.47. The number of aromatic amines is 1. The van der Waals surface area contributed by atoms with E-state index >= 15 is 0 Å². The van der Waals surface area contributed by atoms with Crippen LogP contribution >= 0.6 is 0 Å². The van der Waals surface area contributed by atoms with E-state index in [0.29, 0.717) is 11.3 Å². The maximum absolute atomic E-state index is 12.8. The summed E-state index contributed by atoms with van der Waals surface area (Å²) in [5, 5.41) is 10.3. The third kappa shape index (κ3) is 3.02. The fraction of sp³-hybridized carbons (Fsp3) is 0.238. The lowest BCUT2D eigenvalue weighted by molar-refractivity contribution is 0.104. The highest BCUT2D eigenvalue weighted by atomic mass is 16.4. The van der Waals surface area contributed by atoms with E-state index in [1.165, 1.54) is 12.5 Å². The van der Waals surface area contributed by atoms with Gasteiger partial charge in [0, 0.05) is 47.9 Å². The van der Waals surface area contributed by atoms with Crippen molar-refractivity contribution in [2.75, 3.05) is 18.0 Å². The molecule has 130 valence electrons. The van der Waals surface area contributed by atoms with Crippen LogP contribution in [0, 0.1) is 11.3 Å². The van der Waals surface area contributed by atoms with Crippen LogP contribution in [0.1, 0.15) is 35.4 Å². The number of anilines is 1. The summed E-state index contributed by atoms with van der Waals surface area (Å²) in [6, 6.07) is 13.3. The van der Waals surface area contributed by atoms with Crippen LogP contribution in [0.25, 0.3) is 17.0 Å². The molecular formula is C21H19N3O2. The van der Waals surface area contributed by atoms with Crippen molar-refractivity contribution in [1.82, 2.24) is 4.98 Å². The maximum atomic E-state index is 12.8. The van der Waals surface area contributed by atoms with Crippen LogP contribution in [0.4, 0.5) is 5.88 Å². The van der Waals surface area contributed by atoms with Gasteiger partial charge in [-0.15, -0.1) is 0 Å². The molecule has 0 aliphatic carbocycles. The molecule has 3 aromatic rings. The third-order valence-electron chi connectivity index (χ3n) is 4.77. The highest BCUT2D eigenvalue weighted by molar-refractivity contribution is 6.19. The van der Waals surface area contributed by atoms with Gasteiger partial charge >= 0.3 is 0 Å². The first-order chi connectivity index (χ1) is 12.8. The van der Waals surface area contributed by atoms with E-state index in [1.54, 1.807) is 6.20 Å². The first-order valence-electron chi connectivity index (χ1n) is 8.83. The molecule has 1 aliphatic rings. The number of ketones is 1. The van der Waals surface area contributed by atoms with Crippen molar-refractivity contribution in [3.8, 4) is 6.07 Å². The molecule has 5 nitrogen and oxygen atoms in total. The number of aromatic nitrogens is 1. The molecule has 0 radical (unpaired) electrons. The molecule has 0 saturated carbocycles. The van der Waals surface area contributed by atoms with Gasteiger partial charge in [0.15, 0.2) is 5.88 Å². The number of nitrogens with one attached hydrogen (secondary N) is 1. The molecule has 26 heavy (non-hydrogen) atoms. The van der Waals surface area contributed by atoms with Crippen LogP contribution in [0.2, 0.25) is 0 Å². The van der Waals surface area contributed by atoms with E-state index in [2.05, 4.69) is 9.88 Å². The number of rotatable bonds is 4. The van der Waals surface area contributed by atoms with E-state index in [4.69, 9.17) is 4.42 Å². The van der Waals surface area contributed by atoms with Gasteiger partial charge in [0.1, 0.15) is 17.4 Å². The van der Waals surface area contributed by atoms with Crippen LogP contribution in [0.15, 0.2) is 52.6 Å². The summed E-state index contributed by atoms with van der Waals surface area (Å²) < 4.78 is 5.85. The lowest BCUT2D eigenvalue weighted by Crippen LogP contribution is -2.28. The Morgan fingerprint density at radius 3 is 2.77 bits per heavy atom. The summed E-state index contributed by atoms with van der Waals surface area (Å²) in [6.07, 6.45) is 6.75. The molecule has 4 rings (SSSR count). The minimum absolute atomic E-state index is 0.0642. The van der Waals surface area contributed by atoms with Crippen LogP contribution < -0.4 is 4.90 Å². The number of nitrogens with zero attached hydrogens (tertiary/aromatic N) is 2. The number of Topliss-reactive ketones (excluding diaryl/α,β-unsaturated/α-hetero) is 1. The molecule has 1 aromatic carbocycles. The fourth-order valence-electron chi connectivity index (χ4n) is 3.40. The fourth-order valence-corrected chi connectivity index (χ4v) is 3.40. The van der Waals surface area contributed by atoms with Crippen molar-refractivity contribution >= 4 is 28.6 Å². The number of carbonyl (C=O) groups excluding carboxylic acids is 1. The van der Waals surface area contributed by atoms with Crippen LogP contribution in [-0.2, 0) is 0 Å². The molecule has 1 fully saturated rings. The average Bonchev–Trinajstić information content (AvgIpc) is 3.33. The number of benzene rings is 1. The van der Waals surface area contributed by atoms with E-state index < -0.39 is 0 Å². The lowest BCUT2D eigenvalue weighted by Gasteiger charge is -2.25. The predicted molar refractivity (Wildman–Crippen MR) is 101 cm³/mol. The Balaban J connectivity index is 1.61. The monoisotopic (exact) mass is 345 g/mol. The van der Waals surface area contributed by atoms with Crippen molar-refractivity contribution in [3.63, 3.8) is 0 Å². The lowest BCUT2D eigenvalue weighted by atomic mass is 10.0. The van der Waals surface area contributed by atoms with Gasteiger partial charge in [0.05, 0.1) is 0 Å². The smallest absolute Gasteiger partial charge is 0.205 e. The molecular weight excluding hydrogens is 326 g/mol. The number of hydrogen-bond donors (Lipinski definition) is 1. The minimum atomic E-state index is -0.305. The maximum Gasteiger partial charge on any atom is 0.205 e. The SMILES string of the molecule is N#CC(=Cc1ccc(N2CCCCC2)o1)C(=O)c1c[nH]c2ccccc12. The van der Waals surface area contributed by atoms with Crippen LogP contribution in [-0.4, -0.2) is 23.9 Å². The number of H-pyrrole nitrogens is 1. The number of furan rings is 1. The summed E-state index contributed by atoms with van der Waals surface area (Å²) in [5.74, 6) is 1.02. The summed E-state index contributed by atoms with van der Waals surface area (Å²) in [4.78, 5) is 18.1. The molecule has 3 heterocycles. The molecule has 5 heteroatoms. The van der Waals surface area contributed by atoms with E-state index in [0.717, 1.165) is 42.7 Å². The molecule has 2 aromatic heterocycles. The third-order valence-corrected chi connectivity index (χ3v) is 4.77. The quantitative estimate of drug-likeness (QED) is 0.428. The van der Waals surface area contributed by atoms with Gasteiger partial charge in [-0.2, -0.15) is 5.26 Å². The first kappa shape index (κ1) is 16.2. The van der Waals surface area contributed by atoms with Gasteiger partial charge in [-0.25, -0.2) is 0 Å². The number of piperidine rings is 1. The zero-order valence-corrected chi connectivity index (χ0v) is 14.4. The number of hydrogen-bond acceptors (Lipinski definition) is 4. The zero-order valence-electron chi connectivity index (χ0n) is 14.4. The highest BCUT2D eigenvalue weighted by Crippen LogP contribution is 2.25. The van der Waals surface area contributed by atoms with Gasteiger partial charge in [-0.3, -0.25) is 4.79 Å². The molecule has 0 unspecified atom stereocenters. The minimum Gasteiger partial charge on any atom is -0.441 e. The molecule has 1 aliphatic heterocycles. The normalized spacial score (nSPS) is 15.2. The van der Waals surface area contributed by atoms with Crippen molar-refractivity contribution in [2.45, 2.75) is 19.3 Å². The summed E-state index contributed by atoms with van der Waals surface area (Å²) in [7, 11) is 0. The Morgan fingerprint density at radius 1 is 1.15 bits per heavy atom. The van der Waals surface area contributed by atoms with E-state index in [9.17, 15) is 10.1 Å². The molecule has 0 amide bonds. The topological polar surface area (TPSA) is 73.0 Å². The number of para-hydroxylation sites is 1. The predicted octanol–water partition coefficient (Wildman–Crippen LogP) is 4.54. The average molecular weight is 345 g/mol. The number of nitriles is 1. The Hall–Kier alpha value is -3.26. The van der Waals surface area contributed by atoms with Crippen molar-refractivity contribution in [1.29, 1.82) is 5.26 Å². The van der Waals surface area contributed by atoms with Gasteiger partial charge in [0.2, 0.25) is 5.78 Å². The van der Waals surface area contributed by atoms with Gasteiger partial charge < -0.3 is 14.3 Å². The number of allylic oxidation sites excluding steroid dienone is 1. The Morgan fingerprint density at radius 2 is 1.96 bits per heavy atom. The van der Waals surface area contributed by atoms with Gasteiger partial charge in [0.25, 0.3) is 0 Å². The van der Waals surface area contributed by atoms with E-state index in [1.807, 2.05) is 42.5 Å². The highest BCUT2D eigenvalue weighted by Gasteiger charge is 2.18. The van der Waals surface area contributed by atoms with Crippen molar-refractivity contribution < 1.29 is 9.21 Å². The standard InChI is InChI=1S/C21H19N3O2/c22-13-15(21(25)18-14-23-19-7-3-2-6-17(18)19)12-16-8-9-20(26-16)24-10-4-1-5-11-24/h2-3,6-9,12,14,23H,1,4-5,10-11H2. The zero-order chi connectivity index (χ0) is 17.9. The molecule has 1 N–H and O–H groups in total. The summed E-state index contributed by atoms with van der Waals surface area (Å²) >= 11 is 0. The Kier molecular flexibility index (Phi) is 4.32. The number of fused-ring (bicyclic) bond motifs is 1. The van der Waals surface area contributed by atoms with E-state index in [-0.39, 0.29) is 11.4 Å². The second-order valence-electron chi connectivity index (χ2n) is 6.47. The second kappa shape index (κ2) is 6.93. The van der Waals surface area contributed by atoms with Gasteiger partial charge in [-0.1, -0.05) is 18.2 Å². The first-order valence-corrected chi connectivity index (χ1v) is 8.83. The molecule has 0 spiro atoms. The van der Waals surface area contributed by atoms with Gasteiger partial charge in [-0.05, 0) is 31.4 Å². The molecule has 0 bridgehead atoms. The molecule has 0 atom stereocenters. The van der Waals surface area contributed by atoms with Crippen LogP contribution in [0.5, 0.6) is 0 Å². The Labute approximate surface area is 151 Å². The van der Waals surface area contributed by atoms with Crippen molar-refractivity contribution in [3.05, 3.63) is 59.5 Å². The summed E-state index contributed by atoms with van der Waals surface area (Å²) in [6.45, 7) is 1.96. The number of carbonyl (C=O) groups is 1. The largest absolute Gasteiger partial charge is 0.441 e. The molecule has 1 saturated heterocycles. The summed E-state index contributed by atoms with van der Waals surface area (Å²) in [5.41, 5.74) is 1.43. The Bertz CT molecular complexity index is 1010. The van der Waals surface area contributed by atoms with Crippen molar-refractivity contribution in [2.24, 2.45) is 0 Å². The van der Waals surface area contributed by atoms with Crippen LogP contribution in [0.3, 0.4) is 0 Å².